The van der Waals surface area contributed by atoms with E-state index in [9.17, 15) is 0 Å². The Balaban J connectivity index is 2.36. The third-order valence-electron chi connectivity index (χ3n) is 2.14. The van der Waals surface area contributed by atoms with Crippen LogP contribution in [0.1, 0.15) is 18.9 Å². The highest BCUT2D eigenvalue weighted by Crippen LogP contribution is 2.22. The van der Waals surface area contributed by atoms with Crippen molar-refractivity contribution in [3.8, 4) is 5.75 Å². The van der Waals surface area contributed by atoms with E-state index in [0.717, 1.165) is 35.4 Å². The van der Waals surface area contributed by atoms with E-state index in [0.29, 0.717) is 13.2 Å². The van der Waals surface area contributed by atoms with Crippen LogP contribution in [0.25, 0.3) is 0 Å². The summed E-state index contributed by atoms with van der Waals surface area (Å²) in [4.78, 5) is 0. The van der Waals surface area contributed by atoms with Gasteiger partial charge < -0.3 is 15.2 Å². The van der Waals surface area contributed by atoms with Crippen molar-refractivity contribution in [2.45, 2.75) is 19.9 Å². The van der Waals surface area contributed by atoms with Gasteiger partial charge >= 0.3 is 0 Å². The molecule has 0 unspecified atom stereocenters. The van der Waals surface area contributed by atoms with E-state index in [-0.39, 0.29) is 0 Å². The largest absolute Gasteiger partial charge is 0.493 e. The zero-order chi connectivity index (χ0) is 11.8. The van der Waals surface area contributed by atoms with Gasteiger partial charge in [-0.2, -0.15) is 0 Å². The first-order chi connectivity index (χ1) is 7.77. The Hall–Kier alpha value is -0.580. The van der Waals surface area contributed by atoms with Crippen LogP contribution in [0.5, 0.6) is 5.75 Å². The first-order valence-corrected chi connectivity index (χ1v) is 6.26. The van der Waals surface area contributed by atoms with E-state index in [1.165, 1.54) is 0 Å². The van der Waals surface area contributed by atoms with Crippen LogP contribution in [0.3, 0.4) is 0 Å². The molecule has 4 heteroatoms. The van der Waals surface area contributed by atoms with Gasteiger partial charge in [-0.3, -0.25) is 0 Å². The Morgan fingerprint density at radius 2 is 2.12 bits per heavy atom. The molecule has 1 rings (SSSR count). The standard InChI is InChI=1S/C12H18BrNO2/c1-2-15-6-3-7-16-11-4-5-12(13)10(8-11)9-14/h4-5,8H,2-3,6-7,9,14H2,1H3. The van der Waals surface area contributed by atoms with Gasteiger partial charge in [0.05, 0.1) is 6.61 Å². The predicted molar refractivity (Wildman–Crippen MR) is 68.6 cm³/mol. The fourth-order valence-corrected chi connectivity index (χ4v) is 1.70. The van der Waals surface area contributed by atoms with Crippen LogP contribution < -0.4 is 10.5 Å². The molecule has 0 amide bonds. The average Bonchev–Trinajstić information content (AvgIpc) is 2.31. The Bertz CT molecular complexity index is 318. The monoisotopic (exact) mass is 287 g/mol. The minimum atomic E-state index is 0.511. The van der Waals surface area contributed by atoms with Gasteiger partial charge in [0.1, 0.15) is 5.75 Å². The molecule has 0 heterocycles. The molecule has 0 aliphatic rings. The molecular weight excluding hydrogens is 270 g/mol. The van der Waals surface area contributed by atoms with E-state index in [1.54, 1.807) is 0 Å². The second-order valence-electron chi connectivity index (χ2n) is 3.36. The lowest BCUT2D eigenvalue weighted by molar-refractivity contribution is 0.131. The highest BCUT2D eigenvalue weighted by atomic mass is 79.9. The normalized spacial score (nSPS) is 10.4. The zero-order valence-corrected chi connectivity index (χ0v) is 11.1. The highest BCUT2D eigenvalue weighted by Gasteiger charge is 2.00. The highest BCUT2D eigenvalue weighted by molar-refractivity contribution is 9.10. The Morgan fingerprint density at radius 3 is 2.81 bits per heavy atom. The van der Waals surface area contributed by atoms with Gasteiger partial charge in [0.2, 0.25) is 0 Å². The number of ether oxygens (including phenoxy) is 2. The maximum atomic E-state index is 5.61. The molecule has 0 saturated heterocycles. The second-order valence-corrected chi connectivity index (χ2v) is 4.21. The van der Waals surface area contributed by atoms with Gasteiger partial charge in [-0.1, -0.05) is 15.9 Å². The molecule has 3 nitrogen and oxygen atoms in total. The summed E-state index contributed by atoms with van der Waals surface area (Å²) in [5, 5.41) is 0. The lowest BCUT2D eigenvalue weighted by Gasteiger charge is -2.08. The molecule has 2 N–H and O–H groups in total. The summed E-state index contributed by atoms with van der Waals surface area (Å²) in [6, 6.07) is 5.86. The second kappa shape index (κ2) is 7.65. The van der Waals surface area contributed by atoms with Crippen LogP contribution in [0, 0.1) is 0 Å². The number of hydrogen-bond acceptors (Lipinski definition) is 3. The number of rotatable bonds is 7. The topological polar surface area (TPSA) is 44.5 Å². The zero-order valence-electron chi connectivity index (χ0n) is 9.54. The quantitative estimate of drug-likeness (QED) is 0.785. The van der Waals surface area contributed by atoms with Crippen molar-refractivity contribution in [2.24, 2.45) is 5.73 Å². The molecule has 0 spiro atoms. The maximum absolute atomic E-state index is 5.61. The third kappa shape index (κ3) is 4.51. The lowest BCUT2D eigenvalue weighted by Crippen LogP contribution is -2.04. The molecule has 0 aromatic heterocycles. The van der Waals surface area contributed by atoms with Crippen molar-refractivity contribution in [3.05, 3.63) is 28.2 Å². The minimum Gasteiger partial charge on any atom is -0.493 e. The van der Waals surface area contributed by atoms with Crippen molar-refractivity contribution in [3.63, 3.8) is 0 Å². The Labute approximate surface area is 105 Å². The summed E-state index contributed by atoms with van der Waals surface area (Å²) in [6.07, 6.45) is 0.905. The van der Waals surface area contributed by atoms with Crippen LogP contribution >= 0.6 is 15.9 Å². The molecule has 0 saturated carbocycles. The Morgan fingerprint density at radius 1 is 1.31 bits per heavy atom. The van der Waals surface area contributed by atoms with E-state index >= 15 is 0 Å². The fourth-order valence-electron chi connectivity index (χ4n) is 1.29. The molecule has 90 valence electrons. The van der Waals surface area contributed by atoms with E-state index in [4.69, 9.17) is 15.2 Å². The molecule has 1 aromatic carbocycles. The van der Waals surface area contributed by atoms with Gasteiger partial charge in [0.25, 0.3) is 0 Å². The summed E-state index contributed by atoms with van der Waals surface area (Å²) >= 11 is 3.44. The molecule has 0 aliphatic heterocycles. The summed E-state index contributed by atoms with van der Waals surface area (Å²) < 4.78 is 11.8. The van der Waals surface area contributed by atoms with Gasteiger partial charge in [-0.05, 0) is 30.7 Å². The van der Waals surface area contributed by atoms with Gasteiger partial charge in [0, 0.05) is 30.7 Å². The van der Waals surface area contributed by atoms with Crippen molar-refractivity contribution in [1.29, 1.82) is 0 Å². The van der Waals surface area contributed by atoms with Crippen LogP contribution in [0.15, 0.2) is 22.7 Å². The summed E-state index contributed by atoms with van der Waals surface area (Å²) in [6.45, 7) is 4.68. The summed E-state index contributed by atoms with van der Waals surface area (Å²) in [7, 11) is 0. The third-order valence-corrected chi connectivity index (χ3v) is 2.92. The molecule has 0 bridgehead atoms. The van der Waals surface area contributed by atoms with Crippen LogP contribution in [0.2, 0.25) is 0 Å². The molecule has 0 atom stereocenters. The number of benzene rings is 1. The number of halogens is 1. The SMILES string of the molecule is CCOCCCOc1ccc(Br)c(CN)c1. The van der Waals surface area contributed by atoms with Crippen LogP contribution in [0.4, 0.5) is 0 Å². The smallest absolute Gasteiger partial charge is 0.119 e. The summed E-state index contributed by atoms with van der Waals surface area (Å²) in [5.74, 6) is 0.861. The Kier molecular flexibility index (Phi) is 6.45. The fraction of sp³-hybridized carbons (Fsp3) is 0.500. The summed E-state index contributed by atoms with van der Waals surface area (Å²) in [5.41, 5.74) is 6.67. The molecule has 1 aromatic rings. The molecule has 0 radical (unpaired) electrons. The minimum absolute atomic E-state index is 0.511. The number of hydrogen-bond donors (Lipinski definition) is 1. The first-order valence-electron chi connectivity index (χ1n) is 5.47. The van der Waals surface area contributed by atoms with Crippen molar-refractivity contribution >= 4 is 15.9 Å². The predicted octanol–water partition coefficient (Wildman–Crippen LogP) is 2.71. The van der Waals surface area contributed by atoms with Gasteiger partial charge in [-0.15, -0.1) is 0 Å². The molecular formula is C12H18BrNO2. The average molecular weight is 288 g/mol. The van der Waals surface area contributed by atoms with Crippen molar-refractivity contribution in [1.82, 2.24) is 0 Å². The van der Waals surface area contributed by atoms with Crippen LogP contribution in [-0.4, -0.2) is 19.8 Å². The van der Waals surface area contributed by atoms with Crippen LogP contribution in [-0.2, 0) is 11.3 Å². The van der Waals surface area contributed by atoms with Gasteiger partial charge in [0.15, 0.2) is 0 Å². The molecule has 0 fully saturated rings. The first kappa shape index (κ1) is 13.5. The van der Waals surface area contributed by atoms with Crippen molar-refractivity contribution < 1.29 is 9.47 Å². The van der Waals surface area contributed by atoms with E-state index in [2.05, 4.69) is 15.9 Å². The lowest BCUT2D eigenvalue weighted by atomic mass is 10.2. The maximum Gasteiger partial charge on any atom is 0.119 e. The van der Waals surface area contributed by atoms with Crippen molar-refractivity contribution in [2.75, 3.05) is 19.8 Å². The van der Waals surface area contributed by atoms with E-state index < -0.39 is 0 Å². The van der Waals surface area contributed by atoms with Gasteiger partial charge in [-0.25, -0.2) is 0 Å². The molecule has 0 aliphatic carbocycles. The molecule has 16 heavy (non-hydrogen) atoms. The number of nitrogens with two attached hydrogens (primary N) is 1. The van der Waals surface area contributed by atoms with E-state index in [1.807, 2.05) is 25.1 Å².